The highest BCUT2D eigenvalue weighted by molar-refractivity contribution is 5.67. The molecule has 108 valence electrons. The molecule has 6 nitrogen and oxygen atoms in total. The molecule has 1 aliphatic rings. The molecule has 0 saturated carbocycles. The van der Waals surface area contributed by atoms with Crippen molar-refractivity contribution in [1.82, 2.24) is 15.3 Å². The van der Waals surface area contributed by atoms with Crippen LogP contribution in [0.3, 0.4) is 0 Å². The van der Waals surface area contributed by atoms with E-state index in [1.165, 1.54) is 11.1 Å². The van der Waals surface area contributed by atoms with Crippen LogP contribution in [0, 0.1) is 0 Å². The van der Waals surface area contributed by atoms with E-state index in [1.807, 2.05) is 12.1 Å². The third-order valence-corrected chi connectivity index (χ3v) is 3.46. The standard InChI is InChI=1S/C15H16N4O2/c20-15(21)19(18-14-6-1-2-7-17-14)10-12-5-3-4-11-8-16-9-13(11)12/h1-7,16H,8-10H2,(H,17,18)(H,20,21). The summed E-state index contributed by atoms with van der Waals surface area (Å²) in [7, 11) is 0. The Morgan fingerprint density at radius 1 is 1.29 bits per heavy atom. The summed E-state index contributed by atoms with van der Waals surface area (Å²) in [5.41, 5.74) is 6.24. The predicted molar refractivity (Wildman–Crippen MR) is 78.4 cm³/mol. The number of nitrogens with zero attached hydrogens (tertiary/aromatic N) is 2. The SMILES string of the molecule is O=C(O)N(Cc1cccc2c1CNC2)Nc1ccccn1. The minimum atomic E-state index is -1.04. The summed E-state index contributed by atoms with van der Waals surface area (Å²) in [6, 6.07) is 11.3. The van der Waals surface area contributed by atoms with Gasteiger partial charge in [-0.1, -0.05) is 24.3 Å². The number of hydrazine groups is 1. The molecule has 1 aromatic heterocycles. The Kier molecular flexibility index (Phi) is 3.70. The number of nitrogens with one attached hydrogen (secondary N) is 2. The van der Waals surface area contributed by atoms with E-state index in [0.717, 1.165) is 23.7 Å². The minimum absolute atomic E-state index is 0.275. The van der Waals surface area contributed by atoms with Crippen LogP contribution in [-0.4, -0.2) is 21.2 Å². The van der Waals surface area contributed by atoms with Crippen molar-refractivity contribution in [2.24, 2.45) is 0 Å². The Balaban J connectivity index is 1.80. The Morgan fingerprint density at radius 3 is 2.95 bits per heavy atom. The molecule has 3 rings (SSSR count). The molecule has 21 heavy (non-hydrogen) atoms. The van der Waals surface area contributed by atoms with Gasteiger partial charge in [0.05, 0.1) is 6.54 Å². The molecular weight excluding hydrogens is 268 g/mol. The van der Waals surface area contributed by atoms with Gasteiger partial charge in [-0.2, -0.15) is 0 Å². The van der Waals surface area contributed by atoms with Crippen molar-refractivity contribution in [2.45, 2.75) is 19.6 Å². The molecule has 0 unspecified atom stereocenters. The van der Waals surface area contributed by atoms with Crippen molar-refractivity contribution in [3.8, 4) is 0 Å². The highest BCUT2D eigenvalue weighted by atomic mass is 16.4. The summed E-state index contributed by atoms with van der Waals surface area (Å²) in [5.74, 6) is 0.505. The van der Waals surface area contributed by atoms with Gasteiger partial charge in [0, 0.05) is 19.3 Å². The van der Waals surface area contributed by atoms with E-state index in [-0.39, 0.29) is 6.54 Å². The number of benzene rings is 1. The van der Waals surface area contributed by atoms with Gasteiger partial charge in [-0.3, -0.25) is 5.43 Å². The minimum Gasteiger partial charge on any atom is -0.464 e. The lowest BCUT2D eigenvalue weighted by molar-refractivity contribution is 0.153. The molecule has 6 heteroatoms. The zero-order valence-electron chi connectivity index (χ0n) is 11.4. The van der Waals surface area contributed by atoms with Crippen LogP contribution in [0.5, 0.6) is 0 Å². The average Bonchev–Trinajstić information content (AvgIpc) is 2.97. The maximum atomic E-state index is 11.4. The largest absolute Gasteiger partial charge is 0.464 e. The highest BCUT2D eigenvalue weighted by Crippen LogP contribution is 2.21. The second-order valence-corrected chi connectivity index (χ2v) is 4.85. The molecule has 3 N–H and O–H groups in total. The van der Waals surface area contributed by atoms with Gasteiger partial charge < -0.3 is 10.4 Å². The lowest BCUT2D eigenvalue weighted by Crippen LogP contribution is -2.35. The summed E-state index contributed by atoms with van der Waals surface area (Å²) in [6.45, 7) is 1.89. The molecule has 0 atom stereocenters. The van der Waals surface area contributed by atoms with Crippen LogP contribution < -0.4 is 10.7 Å². The molecule has 1 aliphatic heterocycles. The maximum absolute atomic E-state index is 11.4. The van der Waals surface area contributed by atoms with Gasteiger partial charge >= 0.3 is 6.09 Å². The summed E-state index contributed by atoms with van der Waals surface area (Å²) in [6.07, 6.45) is 0.580. The summed E-state index contributed by atoms with van der Waals surface area (Å²) in [4.78, 5) is 15.5. The number of fused-ring (bicyclic) bond motifs is 1. The first-order chi connectivity index (χ1) is 10.2. The molecule has 1 aromatic carbocycles. The van der Waals surface area contributed by atoms with Gasteiger partial charge in [-0.15, -0.1) is 0 Å². The molecule has 0 aliphatic carbocycles. The van der Waals surface area contributed by atoms with Gasteiger partial charge in [0.25, 0.3) is 0 Å². The van der Waals surface area contributed by atoms with Crippen molar-refractivity contribution in [1.29, 1.82) is 0 Å². The second kappa shape index (κ2) is 5.80. The monoisotopic (exact) mass is 284 g/mol. The zero-order chi connectivity index (χ0) is 14.7. The van der Waals surface area contributed by atoms with E-state index in [9.17, 15) is 9.90 Å². The molecule has 0 radical (unpaired) electrons. The van der Waals surface area contributed by atoms with Crippen molar-refractivity contribution in [3.63, 3.8) is 0 Å². The number of hydrogen-bond donors (Lipinski definition) is 3. The average molecular weight is 284 g/mol. The Hall–Kier alpha value is -2.60. The smallest absolute Gasteiger partial charge is 0.426 e. The normalized spacial score (nSPS) is 12.8. The van der Waals surface area contributed by atoms with Crippen LogP contribution in [0.2, 0.25) is 0 Å². The summed E-state index contributed by atoms with van der Waals surface area (Å²) in [5, 5.41) is 13.8. The number of amides is 1. The number of hydrogen-bond acceptors (Lipinski definition) is 4. The van der Waals surface area contributed by atoms with Crippen LogP contribution in [0.15, 0.2) is 42.6 Å². The highest BCUT2D eigenvalue weighted by Gasteiger charge is 2.18. The predicted octanol–water partition coefficient (Wildman–Crippen LogP) is 2.19. The Bertz CT molecular complexity index is 645. The van der Waals surface area contributed by atoms with Crippen LogP contribution >= 0.6 is 0 Å². The van der Waals surface area contributed by atoms with Crippen LogP contribution in [0.25, 0.3) is 0 Å². The molecule has 2 heterocycles. The number of aromatic nitrogens is 1. The first-order valence-electron chi connectivity index (χ1n) is 6.72. The van der Waals surface area contributed by atoms with Crippen molar-refractivity contribution >= 4 is 11.9 Å². The van der Waals surface area contributed by atoms with Crippen molar-refractivity contribution < 1.29 is 9.90 Å². The summed E-state index contributed by atoms with van der Waals surface area (Å²) >= 11 is 0. The van der Waals surface area contributed by atoms with Gasteiger partial charge in [0.2, 0.25) is 0 Å². The van der Waals surface area contributed by atoms with Crippen molar-refractivity contribution in [3.05, 3.63) is 59.3 Å². The number of carboxylic acid groups (broad SMARTS) is 1. The van der Waals surface area contributed by atoms with Gasteiger partial charge in [0.1, 0.15) is 5.82 Å². The van der Waals surface area contributed by atoms with Crippen LogP contribution in [0.4, 0.5) is 10.6 Å². The lowest BCUT2D eigenvalue weighted by Gasteiger charge is -2.21. The molecule has 2 aromatic rings. The molecule has 0 fully saturated rings. The number of pyridine rings is 1. The fraction of sp³-hybridized carbons (Fsp3) is 0.200. The molecule has 1 amide bonds. The molecular formula is C15H16N4O2. The zero-order valence-corrected chi connectivity index (χ0v) is 11.4. The van der Waals surface area contributed by atoms with Gasteiger partial charge in [0.15, 0.2) is 0 Å². The topological polar surface area (TPSA) is 77.5 Å². The first-order valence-corrected chi connectivity index (χ1v) is 6.72. The van der Waals surface area contributed by atoms with Crippen LogP contribution in [0.1, 0.15) is 16.7 Å². The van der Waals surface area contributed by atoms with E-state index in [2.05, 4.69) is 21.8 Å². The molecule has 0 spiro atoms. The summed E-state index contributed by atoms with van der Waals surface area (Å²) < 4.78 is 0. The Labute approximate surface area is 122 Å². The van der Waals surface area contributed by atoms with E-state index in [0.29, 0.717) is 5.82 Å². The van der Waals surface area contributed by atoms with Crippen molar-refractivity contribution in [2.75, 3.05) is 5.43 Å². The fourth-order valence-electron chi connectivity index (χ4n) is 2.44. The van der Waals surface area contributed by atoms with Gasteiger partial charge in [-0.25, -0.2) is 14.8 Å². The molecule has 0 bridgehead atoms. The van der Waals surface area contributed by atoms with E-state index in [1.54, 1.807) is 24.4 Å². The number of anilines is 1. The molecule has 0 saturated heterocycles. The third-order valence-electron chi connectivity index (χ3n) is 3.46. The third kappa shape index (κ3) is 2.95. The number of carbonyl (C=O) groups is 1. The first kappa shape index (κ1) is 13.4. The number of rotatable bonds is 4. The fourth-order valence-corrected chi connectivity index (χ4v) is 2.44. The van der Waals surface area contributed by atoms with Crippen LogP contribution in [-0.2, 0) is 19.6 Å². The second-order valence-electron chi connectivity index (χ2n) is 4.85. The lowest BCUT2D eigenvalue weighted by atomic mass is 10.0. The van der Waals surface area contributed by atoms with E-state index in [4.69, 9.17) is 0 Å². The Morgan fingerprint density at radius 2 is 2.19 bits per heavy atom. The quantitative estimate of drug-likeness (QED) is 0.750. The van der Waals surface area contributed by atoms with E-state index >= 15 is 0 Å². The maximum Gasteiger partial charge on any atom is 0.426 e. The van der Waals surface area contributed by atoms with E-state index < -0.39 is 6.09 Å². The van der Waals surface area contributed by atoms with Gasteiger partial charge in [-0.05, 0) is 28.8 Å².